The summed E-state index contributed by atoms with van der Waals surface area (Å²) in [4.78, 5) is 2.36. The minimum Gasteiger partial charge on any atom is -0.497 e. The van der Waals surface area contributed by atoms with Gasteiger partial charge in [-0.05, 0) is 37.0 Å². The smallest absolute Gasteiger partial charge is 0.122 e. The van der Waals surface area contributed by atoms with Crippen LogP contribution in [0.2, 0.25) is 0 Å². The molecule has 1 N–H and O–H groups in total. The van der Waals surface area contributed by atoms with E-state index in [1.54, 1.807) is 14.2 Å². The molecule has 0 aliphatic heterocycles. The normalized spacial score (nSPS) is 16.2. The van der Waals surface area contributed by atoms with E-state index in [0.29, 0.717) is 6.04 Å². The zero-order valence-corrected chi connectivity index (χ0v) is 12.6. The Labute approximate surface area is 121 Å². The number of hydrogen-bond acceptors (Lipinski definition) is 4. The Kier molecular flexibility index (Phi) is 5.26. The van der Waals surface area contributed by atoms with Crippen LogP contribution in [-0.4, -0.2) is 42.9 Å². The van der Waals surface area contributed by atoms with E-state index < -0.39 is 0 Å². The fourth-order valence-electron chi connectivity index (χ4n) is 2.37. The van der Waals surface area contributed by atoms with Gasteiger partial charge in [-0.3, -0.25) is 4.90 Å². The molecule has 1 aliphatic rings. The van der Waals surface area contributed by atoms with E-state index in [9.17, 15) is 5.11 Å². The highest BCUT2D eigenvalue weighted by Gasteiger charge is 2.30. The molecule has 0 spiro atoms. The minimum atomic E-state index is -0.247. The van der Waals surface area contributed by atoms with Crippen LogP contribution in [-0.2, 0) is 6.54 Å². The van der Waals surface area contributed by atoms with Crippen molar-refractivity contribution in [2.75, 3.05) is 20.8 Å². The van der Waals surface area contributed by atoms with Crippen LogP contribution in [0.3, 0.4) is 0 Å². The maximum atomic E-state index is 9.89. The Morgan fingerprint density at radius 3 is 2.25 bits per heavy atom. The third-order valence-electron chi connectivity index (χ3n) is 3.78. The Bertz CT molecular complexity index is 409. The molecule has 1 fully saturated rings. The van der Waals surface area contributed by atoms with Crippen molar-refractivity contribution in [3.8, 4) is 11.5 Å². The topological polar surface area (TPSA) is 41.9 Å². The summed E-state index contributed by atoms with van der Waals surface area (Å²) in [5, 5.41) is 9.89. The lowest BCUT2D eigenvalue weighted by Gasteiger charge is -2.25. The molecule has 2 rings (SSSR count). The van der Waals surface area contributed by atoms with Crippen LogP contribution in [0.25, 0.3) is 0 Å². The highest BCUT2D eigenvalue weighted by Crippen LogP contribution is 2.30. The summed E-state index contributed by atoms with van der Waals surface area (Å²) in [5.74, 6) is 1.62. The number of methoxy groups -OCH3 is 2. The van der Waals surface area contributed by atoms with Crippen LogP contribution in [0.1, 0.15) is 31.7 Å². The number of ether oxygens (including phenoxy) is 2. The van der Waals surface area contributed by atoms with Crippen molar-refractivity contribution in [3.05, 3.63) is 23.8 Å². The minimum absolute atomic E-state index is 0.247. The van der Waals surface area contributed by atoms with Crippen LogP contribution in [0.5, 0.6) is 11.5 Å². The van der Waals surface area contributed by atoms with Gasteiger partial charge in [0.2, 0.25) is 0 Å². The molecule has 0 radical (unpaired) electrons. The first-order valence-corrected chi connectivity index (χ1v) is 7.30. The summed E-state index contributed by atoms with van der Waals surface area (Å²) in [6.45, 7) is 3.58. The first-order chi connectivity index (χ1) is 9.66. The molecule has 20 heavy (non-hydrogen) atoms. The number of nitrogens with zero attached hydrogens (tertiary/aromatic N) is 1. The zero-order valence-electron chi connectivity index (χ0n) is 12.6. The molecule has 1 unspecified atom stereocenters. The van der Waals surface area contributed by atoms with E-state index >= 15 is 0 Å². The third kappa shape index (κ3) is 4.12. The van der Waals surface area contributed by atoms with Gasteiger partial charge in [0, 0.05) is 25.2 Å². The Balaban J connectivity index is 2.09. The van der Waals surface area contributed by atoms with Crippen LogP contribution in [0.15, 0.2) is 18.2 Å². The van der Waals surface area contributed by atoms with Crippen molar-refractivity contribution in [2.45, 2.75) is 44.9 Å². The lowest BCUT2D eigenvalue weighted by Crippen LogP contribution is -2.33. The molecule has 1 aromatic carbocycles. The van der Waals surface area contributed by atoms with Gasteiger partial charge in [-0.25, -0.2) is 0 Å². The molecule has 1 atom stereocenters. The summed E-state index contributed by atoms with van der Waals surface area (Å²) in [5.41, 5.74) is 1.16. The van der Waals surface area contributed by atoms with Crippen molar-refractivity contribution in [2.24, 2.45) is 0 Å². The van der Waals surface area contributed by atoms with Gasteiger partial charge in [0.05, 0.1) is 20.3 Å². The van der Waals surface area contributed by atoms with Gasteiger partial charge in [-0.15, -0.1) is 0 Å². The Morgan fingerprint density at radius 1 is 1.20 bits per heavy atom. The average molecular weight is 279 g/mol. The number of aliphatic hydroxyl groups is 1. The Hall–Kier alpha value is -1.26. The molecular weight excluding hydrogens is 254 g/mol. The summed E-state index contributed by atoms with van der Waals surface area (Å²) >= 11 is 0. The second-order valence-electron chi connectivity index (χ2n) is 5.44. The molecule has 1 aliphatic carbocycles. The largest absolute Gasteiger partial charge is 0.497 e. The van der Waals surface area contributed by atoms with Gasteiger partial charge in [0.15, 0.2) is 0 Å². The second kappa shape index (κ2) is 6.95. The van der Waals surface area contributed by atoms with Gasteiger partial charge in [0.1, 0.15) is 11.5 Å². The predicted molar refractivity (Wildman–Crippen MR) is 79.3 cm³/mol. The van der Waals surface area contributed by atoms with Crippen LogP contribution < -0.4 is 9.47 Å². The van der Waals surface area contributed by atoms with Crippen LogP contribution in [0.4, 0.5) is 0 Å². The van der Waals surface area contributed by atoms with Crippen molar-refractivity contribution >= 4 is 0 Å². The van der Waals surface area contributed by atoms with Crippen molar-refractivity contribution in [3.63, 3.8) is 0 Å². The zero-order chi connectivity index (χ0) is 14.5. The molecular formula is C16H25NO3. The third-order valence-corrected chi connectivity index (χ3v) is 3.78. The molecule has 0 amide bonds. The lowest BCUT2D eigenvalue weighted by atomic mass is 10.1. The summed E-state index contributed by atoms with van der Waals surface area (Å²) in [6, 6.07) is 6.58. The van der Waals surface area contributed by atoms with E-state index in [0.717, 1.165) is 36.6 Å². The van der Waals surface area contributed by atoms with Crippen molar-refractivity contribution in [1.29, 1.82) is 0 Å². The van der Waals surface area contributed by atoms with Crippen LogP contribution >= 0.6 is 0 Å². The molecule has 4 heteroatoms. The van der Waals surface area contributed by atoms with Gasteiger partial charge in [-0.2, -0.15) is 0 Å². The quantitative estimate of drug-likeness (QED) is 0.793. The average Bonchev–Trinajstić information content (AvgIpc) is 3.30. The van der Waals surface area contributed by atoms with Gasteiger partial charge in [0.25, 0.3) is 0 Å². The highest BCUT2D eigenvalue weighted by molar-refractivity contribution is 5.38. The molecule has 1 aromatic rings. The molecule has 0 aromatic heterocycles. The number of aliphatic hydroxyl groups excluding tert-OH is 1. The molecule has 4 nitrogen and oxygen atoms in total. The van der Waals surface area contributed by atoms with Gasteiger partial charge in [-0.1, -0.05) is 6.92 Å². The maximum Gasteiger partial charge on any atom is 0.122 e. The standard InChI is InChI=1S/C16H25NO3/c1-4-14(18)11-17(13-5-6-13)10-12-7-15(19-2)9-16(8-12)20-3/h7-9,13-14,18H,4-6,10-11H2,1-3H3. The van der Waals surface area contributed by atoms with E-state index in [1.807, 2.05) is 25.1 Å². The summed E-state index contributed by atoms with van der Waals surface area (Å²) in [7, 11) is 3.33. The van der Waals surface area contributed by atoms with E-state index in [-0.39, 0.29) is 6.10 Å². The second-order valence-corrected chi connectivity index (χ2v) is 5.44. The molecule has 0 heterocycles. The monoisotopic (exact) mass is 279 g/mol. The predicted octanol–water partition coefficient (Wildman–Crippen LogP) is 2.44. The fraction of sp³-hybridized carbons (Fsp3) is 0.625. The molecule has 1 saturated carbocycles. The van der Waals surface area contributed by atoms with Crippen LogP contribution in [0, 0.1) is 0 Å². The summed E-state index contributed by atoms with van der Waals surface area (Å²) < 4.78 is 10.6. The first kappa shape index (κ1) is 15.1. The molecule has 0 bridgehead atoms. The van der Waals surface area contributed by atoms with Gasteiger partial charge < -0.3 is 14.6 Å². The maximum absolute atomic E-state index is 9.89. The summed E-state index contributed by atoms with van der Waals surface area (Å²) in [6.07, 6.45) is 3.02. The lowest BCUT2D eigenvalue weighted by molar-refractivity contribution is 0.101. The first-order valence-electron chi connectivity index (χ1n) is 7.30. The van der Waals surface area contributed by atoms with Crippen molar-refractivity contribution < 1.29 is 14.6 Å². The molecule has 0 saturated heterocycles. The van der Waals surface area contributed by atoms with Gasteiger partial charge >= 0.3 is 0 Å². The Morgan fingerprint density at radius 2 is 1.80 bits per heavy atom. The highest BCUT2D eigenvalue weighted by atomic mass is 16.5. The van der Waals surface area contributed by atoms with E-state index in [1.165, 1.54) is 12.8 Å². The molecule has 112 valence electrons. The van der Waals surface area contributed by atoms with E-state index in [4.69, 9.17) is 9.47 Å². The van der Waals surface area contributed by atoms with Crippen molar-refractivity contribution in [1.82, 2.24) is 4.90 Å². The SMILES string of the molecule is CCC(O)CN(Cc1cc(OC)cc(OC)c1)C1CC1. The van der Waals surface area contributed by atoms with E-state index in [2.05, 4.69) is 4.90 Å². The number of rotatable bonds is 8. The fourth-order valence-corrected chi connectivity index (χ4v) is 2.37. The number of benzene rings is 1. The number of hydrogen-bond donors (Lipinski definition) is 1.